The molecule has 3 nitrogen and oxygen atoms in total. The summed E-state index contributed by atoms with van der Waals surface area (Å²) in [6.07, 6.45) is 0.863. The van der Waals surface area contributed by atoms with Crippen LogP contribution in [0.2, 0.25) is 0 Å². The molecule has 1 amide bonds. The van der Waals surface area contributed by atoms with Crippen LogP contribution in [0.25, 0.3) is 0 Å². The Kier molecular flexibility index (Phi) is 7.07. The van der Waals surface area contributed by atoms with E-state index in [0.29, 0.717) is 13.1 Å². The molecule has 0 bridgehead atoms. The zero-order chi connectivity index (χ0) is 20.6. The second-order valence-electron chi connectivity index (χ2n) is 7.45. The second kappa shape index (κ2) is 9.92. The van der Waals surface area contributed by atoms with Gasteiger partial charge in [0.2, 0.25) is 5.91 Å². The van der Waals surface area contributed by atoms with E-state index in [9.17, 15) is 4.79 Å². The number of carbonyl (C=O) groups excluding carboxylic acids is 1. The third-order valence-electron chi connectivity index (χ3n) is 5.35. The summed E-state index contributed by atoms with van der Waals surface area (Å²) in [6.45, 7) is 5.09. The molecule has 3 aromatic rings. The van der Waals surface area contributed by atoms with Gasteiger partial charge in [-0.25, -0.2) is 0 Å². The van der Waals surface area contributed by atoms with E-state index >= 15 is 0 Å². The molecule has 3 heteroatoms. The number of ether oxygens (including phenoxy) is 1. The lowest BCUT2D eigenvalue weighted by atomic mass is 9.88. The number of methoxy groups -OCH3 is 1. The van der Waals surface area contributed by atoms with Gasteiger partial charge < -0.3 is 9.64 Å². The smallest absolute Gasteiger partial charge is 0.219 e. The van der Waals surface area contributed by atoms with Crippen molar-refractivity contribution in [3.05, 3.63) is 101 Å². The average Bonchev–Trinajstić information content (AvgIpc) is 2.75. The highest BCUT2D eigenvalue weighted by Crippen LogP contribution is 2.30. The molecule has 0 aliphatic heterocycles. The molecule has 0 aliphatic rings. The molecule has 0 radical (unpaired) electrons. The first-order valence-electron chi connectivity index (χ1n) is 10.1. The van der Waals surface area contributed by atoms with Gasteiger partial charge >= 0.3 is 0 Å². The summed E-state index contributed by atoms with van der Waals surface area (Å²) in [5.41, 5.74) is 4.90. The van der Waals surface area contributed by atoms with Crippen molar-refractivity contribution in [2.24, 2.45) is 0 Å². The molecule has 0 aliphatic carbocycles. The van der Waals surface area contributed by atoms with Crippen molar-refractivity contribution in [2.45, 2.75) is 32.7 Å². The quantitative estimate of drug-likeness (QED) is 0.505. The van der Waals surface area contributed by atoms with E-state index in [1.807, 2.05) is 35.2 Å². The Morgan fingerprint density at radius 1 is 0.897 bits per heavy atom. The predicted octanol–water partition coefficient (Wildman–Crippen LogP) is 5.57. The van der Waals surface area contributed by atoms with Crippen molar-refractivity contribution in [1.29, 1.82) is 0 Å². The maximum absolute atomic E-state index is 12.3. The van der Waals surface area contributed by atoms with Crippen LogP contribution in [0.1, 0.15) is 41.5 Å². The minimum atomic E-state index is 0.103. The summed E-state index contributed by atoms with van der Waals surface area (Å²) in [5, 5.41) is 0. The van der Waals surface area contributed by atoms with E-state index in [-0.39, 0.29) is 11.8 Å². The fraction of sp³-hybridized carbons (Fsp3) is 0.269. The van der Waals surface area contributed by atoms with Crippen LogP contribution in [0.4, 0.5) is 0 Å². The zero-order valence-electron chi connectivity index (χ0n) is 17.5. The molecule has 0 unspecified atom stereocenters. The minimum absolute atomic E-state index is 0.103. The van der Waals surface area contributed by atoms with E-state index in [4.69, 9.17) is 4.74 Å². The molecule has 0 N–H and O–H groups in total. The molecule has 150 valence electrons. The van der Waals surface area contributed by atoms with Crippen molar-refractivity contribution >= 4 is 5.91 Å². The van der Waals surface area contributed by atoms with Crippen LogP contribution in [0, 0.1) is 6.92 Å². The second-order valence-corrected chi connectivity index (χ2v) is 7.45. The Hall–Kier alpha value is -3.07. The lowest BCUT2D eigenvalue weighted by Gasteiger charge is -2.25. The zero-order valence-corrected chi connectivity index (χ0v) is 17.5. The van der Waals surface area contributed by atoms with Gasteiger partial charge in [0.05, 0.1) is 7.11 Å². The number of benzene rings is 3. The van der Waals surface area contributed by atoms with Gasteiger partial charge in [-0.05, 0) is 42.2 Å². The van der Waals surface area contributed by atoms with Crippen LogP contribution in [0.3, 0.4) is 0 Å². The fourth-order valence-corrected chi connectivity index (χ4v) is 3.60. The largest absolute Gasteiger partial charge is 0.497 e. The number of aryl methyl sites for hydroxylation is 1. The highest BCUT2D eigenvalue weighted by molar-refractivity contribution is 5.73. The number of hydrogen-bond acceptors (Lipinski definition) is 2. The molecule has 1 atom stereocenters. The van der Waals surface area contributed by atoms with Crippen molar-refractivity contribution in [1.82, 2.24) is 4.90 Å². The van der Waals surface area contributed by atoms with Crippen molar-refractivity contribution in [2.75, 3.05) is 13.7 Å². The number of rotatable bonds is 8. The van der Waals surface area contributed by atoms with E-state index in [1.54, 1.807) is 14.0 Å². The summed E-state index contributed by atoms with van der Waals surface area (Å²) in [5.74, 6) is 1.18. The molecule has 0 saturated carbocycles. The first-order valence-corrected chi connectivity index (χ1v) is 10.1. The molecule has 3 aromatic carbocycles. The van der Waals surface area contributed by atoms with Gasteiger partial charge in [-0.15, -0.1) is 0 Å². The molecule has 0 aromatic heterocycles. The lowest BCUT2D eigenvalue weighted by molar-refractivity contribution is -0.129. The molecule has 0 fully saturated rings. The maximum atomic E-state index is 12.3. The van der Waals surface area contributed by atoms with Crippen LogP contribution in [0.15, 0.2) is 78.9 Å². The SMILES string of the molecule is COc1ccc([C@H](CCN(Cc2ccccc2)C(C)=O)c2ccc(C)cc2)cc1. The van der Waals surface area contributed by atoms with Crippen molar-refractivity contribution < 1.29 is 9.53 Å². The van der Waals surface area contributed by atoms with Gasteiger partial charge in [0, 0.05) is 25.9 Å². The molecular formula is C26H29NO2. The highest BCUT2D eigenvalue weighted by Gasteiger charge is 2.18. The molecule has 0 spiro atoms. The van der Waals surface area contributed by atoms with E-state index in [0.717, 1.165) is 17.7 Å². The first-order chi connectivity index (χ1) is 14.1. The molecule has 0 heterocycles. The Labute approximate surface area is 174 Å². The van der Waals surface area contributed by atoms with Crippen molar-refractivity contribution in [3.8, 4) is 5.75 Å². The fourth-order valence-electron chi connectivity index (χ4n) is 3.60. The lowest BCUT2D eigenvalue weighted by Crippen LogP contribution is -2.30. The van der Waals surface area contributed by atoms with Gasteiger partial charge in [-0.1, -0.05) is 72.3 Å². The third-order valence-corrected chi connectivity index (χ3v) is 5.35. The Bertz CT molecular complexity index is 902. The number of amides is 1. The van der Waals surface area contributed by atoms with Gasteiger partial charge in [0.15, 0.2) is 0 Å². The molecule has 29 heavy (non-hydrogen) atoms. The normalized spacial score (nSPS) is 11.7. The van der Waals surface area contributed by atoms with Gasteiger partial charge in [0.1, 0.15) is 5.75 Å². The first kappa shape index (κ1) is 20.7. The number of carbonyl (C=O) groups is 1. The summed E-state index contributed by atoms with van der Waals surface area (Å²) in [4.78, 5) is 14.2. The number of nitrogens with zero attached hydrogens (tertiary/aromatic N) is 1. The molecule has 0 saturated heterocycles. The predicted molar refractivity (Wildman–Crippen MR) is 118 cm³/mol. The van der Waals surface area contributed by atoms with Crippen LogP contribution >= 0.6 is 0 Å². The number of hydrogen-bond donors (Lipinski definition) is 0. The van der Waals surface area contributed by atoms with Gasteiger partial charge in [-0.2, -0.15) is 0 Å². The van der Waals surface area contributed by atoms with E-state index in [1.165, 1.54) is 16.7 Å². The summed E-state index contributed by atoms with van der Waals surface area (Å²) >= 11 is 0. The van der Waals surface area contributed by atoms with Crippen LogP contribution < -0.4 is 4.74 Å². The molecular weight excluding hydrogens is 358 g/mol. The molecule has 3 rings (SSSR count). The Morgan fingerprint density at radius 3 is 2.03 bits per heavy atom. The maximum Gasteiger partial charge on any atom is 0.219 e. The van der Waals surface area contributed by atoms with Crippen molar-refractivity contribution in [3.63, 3.8) is 0 Å². The van der Waals surface area contributed by atoms with E-state index in [2.05, 4.69) is 55.5 Å². The van der Waals surface area contributed by atoms with Crippen LogP contribution in [-0.2, 0) is 11.3 Å². The van der Waals surface area contributed by atoms with E-state index < -0.39 is 0 Å². The van der Waals surface area contributed by atoms with Crippen LogP contribution in [-0.4, -0.2) is 24.5 Å². The van der Waals surface area contributed by atoms with Gasteiger partial charge in [0.25, 0.3) is 0 Å². The summed E-state index contributed by atoms with van der Waals surface area (Å²) in [6, 6.07) is 27.1. The summed E-state index contributed by atoms with van der Waals surface area (Å²) in [7, 11) is 1.68. The topological polar surface area (TPSA) is 29.5 Å². The third kappa shape index (κ3) is 5.71. The minimum Gasteiger partial charge on any atom is -0.497 e. The summed E-state index contributed by atoms with van der Waals surface area (Å²) < 4.78 is 5.31. The van der Waals surface area contributed by atoms with Gasteiger partial charge in [-0.3, -0.25) is 4.79 Å². The Balaban J connectivity index is 1.81. The standard InChI is InChI=1S/C26H29NO2/c1-20-9-11-23(12-10-20)26(24-13-15-25(29-3)16-14-24)17-18-27(21(2)28)19-22-7-5-4-6-8-22/h4-16,26H,17-19H2,1-3H3/t26-/m1/s1. The average molecular weight is 388 g/mol. The monoisotopic (exact) mass is 387 g/mol. The Morgan fingerprint density at radius 2 is 1.48 bits per heavy atom. The highest BCUT2D eigenvalue weighted by atomic mass is 16.5. The van der Waals surface area contributed by atoms with Crippen LogP contribution in [0.5, 0.6) is 5.75 Å².